The number of carbonyl (C=O) groups excluding carboxylic acids is 1. The van der Waals surface area contributed by atoms with Crippen molar-refractivity contribution in [2.45, 2.75) is 0 Å². The van der Waals surface area contributed by atoms with E-state index in [9.17, 15) is 15.2 Å². The molecule has 7 heteroatoms. The Morgan fingerprint density at radius 2 is 1.72 bits per heavy atom. The number of halogens is 1. The quantitative estimate of drug-likeness (QED) is 0.294. The molecule has 29 heavy (non-hydrogen) atoms. The lowest BCUT2D eigenvalue weighted by atomic mass is 10.2. The lowest BCUT2D eigenvalue weighted by Crippen LogP contribution is -2.14. The second-order valence-electron chi connectivity index (χ2n) is 5.87. The molecule has 0 aliphatic heterocycles. The maximum atomic E-state index is 12.3. The van der Waals surface area contributed by atoms with Gasteiger partial charge in [-0.15, -0.1) is 0 Å². The zero-order chi connectivity index (χ0) is 20.6. The van der Waals surface area contributed by atoms with Gasteiger partial charge in [-0.05, 0) is 54.6 Å². The smallest absolute Gasteiger partial charge is 0.267 e. The Labute approximate surface area is 172 Å². The molecule has 0 unspecified atom stereocenters. The SMILES string of the molecule is N#C/C(=C/Nc1cc(Cl)ccc1O)C(=O)Nc1ccc(Oc2ccccc2)cc1. The van der Waals surface area contributed by atoms with Gasteiger partial charge in [-0.25, -0.2) is 0 Å². The van der Waals surface area contributed by atoms with Gasteiger partial charge in [0, 0.05) is 16.9 Å². The van der Waals surface area contributed by atoms with Crippen LogP contribution in [0.25, 0.3) is 0 Å². The average molecular weight is 406 g/mol. The minimum atomic E-state index is -0.599. The number of benzene rings is 3. The van der Waals surface area contributed by atoms with Crippen molar-refractivity contribution in [2.75, 3.05) is 10.6 Å². The Balaban J connectivity index is 1.64. The highest BCUT2D eigenvalue weighted by atomic mass is 35.5. The Morgan fingerprint density at radius 1 is 1.03 bits per heavy atom. The first kappa shape index (κ1) is 19.8. The summed E-state index contributed by atoms with van der Waals surface area (Å²) in [5.74, 6) is 0.660. The van der Waals surface area contributed by atoms with Crippen LogP contribution in [0.2, 0.25) is 5.02 Å². The highest BCUT2D eigenvalue weighted by molar-refractivity contribution is 6.30. The topological polar surface area (TPSA) is 94.4 Å². The molecule has 0 saturated heterocycles. The van der Waals surface area contributed by atoms with Crippen LogP contribution in [0.4, 0.5) is 11.4 Å². The van der Waals surface area contributed by atoms with Gasteiger partial charge >= 0.3 is 0 Å². The number of anilines is 2. The third-order valence-electron chi connectivity index (χ3n) is 3.79. The lowest BCUT2D eigenvalue weighted by molar-refractivity contribution is -0.112. The number of hydrogen-bond donors (Lipinski definition) is 3. The van der Waals surface area contributed by atoms with Gasteiger partial charge in [0.1, 0.15) is 28.9 Å². The number of rotatable bonds is 6. The van der Waals surface area contributed by atoms with E-state index in [4.69, 9.17) is 16.3 Å². The van der Waals surface area contributed by atoms with Gasteiger partial charge in [-0.2, -0.15) is 5.26 Å². The first-order valence-electron chi connectivity index (χ1n) is 8.55. The average Bonchev–Trinajstić information content (AvgIpc) is 2.73. The van der Waals surface area contributed by atoms with E-state index in [1.54, 1.807) is 24.3 Å². The molecule has 6 nitrogen and oxygen atoms in total. The van der Waals surface area contributed by atoms with Crippen LogP contribution in [-0.2, 0) is 4.79 Å². The molecular weight excluding hydrogens is 390 g/mol. The molecule has 3 rings (SSSR count). The summed E-state index contributed by atoms with van der Waals surface area (Å²) in [6.07, 6.45) is 1.20. The third kappa shape index (κ3) is 5.51. The minimum Gasteiger partial charge on any atom is -0.506 e. The monoisotopic (exact) mass is 405 g/mol. The fourth-order valence-corrected chi connectivity index (χ4v) is 2.52. The summed E-state index contributed by atoms with van der Waals surface area (Å²) in [5, 5.41) is 24.8. The zero-order valence-corrected chi connectivity index (χ0v) is 15.9. The van der Waals surface area contributed by atoms with Gasteiger partial charge in [0.05, 0.1) is 5.69 Å². The molecule has 0 aliphatic rings. The van der Waals surface area contributed by atoms with E-state index in [2.05, 4.69) is 10.6 Å². The molecule has 0 atom stereocenters. The van der Waals surface area contributed by atoms with Crippen molar-refractivity contribution < 1.29 is 14.6 Å². The number of amides is 1. The highest BCUT2D eigenvalue weighted by Gasteiger charge is 2.10. The molecule has 3 N–H and O–H groups in total. The van der Waals surface area contributed by atoms with Crippen LogP contribution in [0.1, 0.15) is 0 Å². The number of nitrogens with zero attached hydrogens (tertiary/aromatic N) is 1. The fraction of sp³-hybridized carbons (Fsp3) is 0. The fourth-order valence-electron chi connectivity index (χ4n) is 2.35. The number of para-hydroxylation sites is 1. The number of hydrogen-bond acceptors (Lipinski definition) is 5. The molecule has 3 aromatic carbocycles. The number of aromatic hydroxyl groups is 1. The van der Waals surface area contributed by atoms with Crippen LogP contribution in [0, 0.1) is 11.3 Å². The van der Waals surface area contributed by atoms with E-state index >= 15 is 0 Å². The molecule has 0 fully saturated rings. The third-order valence-corrected chi connectivity index (χ3v) is 4.02. The summed E-state index contributed by atoms with van der Waals surface area (Å²) in [6.45, 7) is 0. The summed E-state index contributed by atoms with van der Waals surface area (Å²) in [6, 6.07) is 22.3. The van der Waals surface area contributed by atoms with Gasteiger partial charge in [0.2, 0.25) is 0 Å². The summed E-state index contributed by atoms with van der Waals surface area (Å²) in [7, 11) is 0. The maximum Gasteiger partial charge on any atom is 0.267 e. The van der Waals surface area contributed by atoms with Crippen molar-refractivity contribution in [3.8, 4) is 23.3 Å². The van der Waals surface area contributed by atoms with Crippen molar-refractivity contribution in [2.24, 2.45) is 0 Å². The summed E-state index contributed by atoms with van der Waals surface area (Å²) < 4.78 is 5.69. The Kier molecular flexibility index (Phi) is 6.36. The van der Waals surface area contributed by atoms with E-state index in [0.29, 0.717) is 22.2 Å². The predicted molar refractivity (Wildman–Crippen MR) is 112 cm³/mol. The number of nitriles is 1. The van der Waals surface area contributed by atoms with Gasteiger partial charge in [0.25, 0.3) is 5.91 Å². The number of carbonyl (C=O) groups is 1. The standard InChI is InChI=1S/C22H16ClN3O3/c23-16-6-11-21(27)20(12-16)25-14-15(13-24)22(28)26-17-7-9-19(10-8-17)29-18-4-2-1-3-5-18/h1-12,14,25,27H,(H,26,28)/b15-14-. The highest BCUT2D eigenvalue weighted by Crippen LogP contribution is 2.27. The second-order valence-corrected chi connectivity index (χ2v) is 6.31. The van der Waals surface area contributed by atoms with Gasteiger partial charge in [-0.3, -0.25) is 4.79 Å². The lowest BCUT2D eigenvalue weighted by Gasteiger charge is -2.08. The second kappa shape index (κ2) is 9.31. The number of nitrogens with one attached hydrogen (secondary N) is 2. The molecule has 0 spiro atoms. The molecule has 0 aliphatic carbocycles. The minimum absolute atomic E-state index is 0.0580. The normalized spacial score (nSPS) is 10.7. The number of ether oxygens (including phenoxy) is 1. The molecule has 0 saturated carbocycles. The molecule has 0 bridgehead atoms. The van der Waals surface area contributed by atoms with Crippen molar-refractivity contribution in [3.05, 3.63) is 89.6 Å². The van der Waals surface area contributed by atoms with Gasteiger partial charge in [-0.1, -0.05) is 29.8 Å². The molecule has 1 amide bonds. The molecular formula is C22H16ClN3O3. The van der Waals surface area contributed by atoms with Crippen LogP contribution in [0.15, 0.2) is 84.6 Å². The Morgan fingerprint density at radius 3 is 2.41 bits per heavy atom. The molecule has 0 aromatic heterocycles. The van der Waals surface area contributed by atoms with E-state index in [1.165, 1.54) is 24.4 Å². The van der Waals surface area contributed by atoms with Crippen molar-refractivity contribution in [1.29, 1.82) is 5.26 Å². The first-order valence-corrected chi connectivity index (χ1v) is 8.92. The van der Waals surface area contributed by atoms with E-state index in [-0.39, 0.29) is 17.0 Å². The van der Waals surface area contributed by atoms with Crippen molar-refractivity contribution >= 4 is 28.9 Å². The van der Waals surface area contributed by atoms with Gasteiger partial charge < -0.3 is 20.5 Å². The number of phenolic OH excluding ortho intramolecular Hbond substituents is 1. The van der Waals surface area contributed by atoms with Crippen LogP contribution >= 0.6 is 11.6 Å². The van der Waals surface area contributed by atoms with Crippen molar-refractivity contribution in [1.82, 2.24) is 0 Å². The van der Waals surface area contributed by atoms with Crippen LogP contribution in [-0.4, -0.2) is 11.0 Å². The molecule has 0 heterocycles. The van der Waals surface area contributed by atoms with E-state index in [1.807, 2.05) is 36.4 Å². The van der Waals surface area contributed by atoms with E-state index in [0.717, 1.165) is 0 Å². The molecule has 3 aromatic rings. The zero-order valence-electron chi connectivity index (χ0n) is 15.1. The Hall–Kier alpha value is -3.95. The summed E-state index contributed by atoms with van der Waals surface area (Å²) in [5.41, 5.74) is 0.608. The predicted octanol–water partition coefficient (Wildman–Crippen LogP) is 5.30. The summed E-state index contributed by atoms with van der Waals surface area (Å²) >= 11 is 5.87. The molecule has 0 radical (unpaired) electrons. The van der Waals surface area contributed by atoms with Crippen LogP contribution in [0.3, 0.4) is 0 Å². The van der Waals surface area contributed by atoms with Crippen LogP contribution < -0.4 is 15.4 Å². The van der Waals surface area contributed by atoms with Crippen LogP contribution in [0.5, 0.6) is 17.2 Å². The summed E-state index contributed by atoms with van der Waals surface area (Å²) in [4.78, 5) is 12.3. The first-order chi connectivity index (χ1) is 14.0. The van der Waals surface area contributed by atoms with Crippen molar-refractivity contribution in [3.63, 3.8) is 0 Å². The largest absolute Gasteiger partial charge is 0.506 e. The van der Waals surface area contributed by atoms with Gasteiger partial charge in [0.15, 0.2) is 0 Å². The number of phenols is 1. The van der Waals surface area contributed by atoms with E-state index < -0.39 is 5.91 Å². The maximum absolute atomic E-state index is 12.3. The molecule has 144 valence electrons. The Bertz CT molecular complexity index is 1070.